The summed E-state index contributed by atoms with van der Waals surface area (Å²) >= 11 is 9.13. The van der Waals surface area contributed by atoms with Crippen LogP contribution in [-0.2, 0) is 6.54 Å². The molecule has 71 valence electrons. The second kappa shape index (κ2) is 4.15. The number of halogens is 2. The first-order valence-corrected chi connectivity index (χ1v) is 5.26. The van der Waals surface area contributed by atoms with Crippen molar-refractivity contribution in [3.8, 4) is 0 Å². The van der Waals surface area contributed by atoms with Crippen molar-refractivity contribution < 1.29 is 0 Å². The Morgan fingerprint density at radius 2 is 2.36 bits per heavy atom. The van der Waals surface area contributed by atoms with E-state index in [2.05, 4.69) is 33.3 Å². The van der Waals surface area contributed by atoms with Gasteiger partial charge in [0.15, 0.2) is 0 Å². The van der Waals surface area contributed by atoms with E-state index in [0.29, 0.717) is 11.6 Å². The molecule has 2 nitrogen and oxygen atoms in total. The highest BCUT2D eigenvalue weighted by Gasteiger charge is 1.98. The van der Waals surface area contributed by atoms with Crippen LogP contribution in [0.5, 0.6) is 0 Å². The molecule has 0 aliphatic carbocycles. The molecule has 0 saturated heterocycles. The predicted octanol–water partition coefficient (Wildman–Crippen LogP) is 3.15. The van der Waals surface area contributed by atoms with Gasteiger partial charge in [-0.25, -0.2) is 0 Å². The van der Waals surface area contributed by atoms with E-state index in [1.54, 1.807) is 10.9 Å². The van der Waals surface area contributed by atoms with Gasteiger partial charge in [-0.2, -0.15) is 5.10 Å². The molecule has 0 saturated carbocycles. The fourth-order valence-electron chi connectivity index (χ4n) is 1.20. The van der Waals surface area contributed by atoms with Gasteiger partial charge in [-0.1, -0.05) is 39.7 Å². The minimum Gasteiger partial charge on any atom is -0.266 e. The summed E-state index contributed by atoms with van der Waals surface area (Å²) in [5, 5.41) is 4.53. The summed E-state index contributed by atoms with van der Waals surface area (Å²) in [6, 6.07) is 8.08. The lowest BCUT2D eigenvalue weighted by atomic mass is 10.2. The molecule has 0 N–H and O–H groups in total. The molecule has 2 rings (SSSR count). The Labute approximate surface area is 95.6 Å². The molecule has 0 aliphatic heterocycles. The van der Waals surface area contributed by atoms with Crippen LogP contribution in [0.15, 0.2) is 34.9 Å². The summed E-state index contributed by atoms with van der Waals surface area (Å²) in [6.07, 6.45) is 4.42. The van der Waals surface area contributed by atoms with Crippen LogP contribution in [0.1, 0.15) is 5.56 Å². The first-order chi connectivity index (χ1) is 6.74. The van der Waals surface area contributed by atoms with Gasteiger partial charge < -0.3 is 0 Å². The zero-order valence-electron chi connectivity index (χ0n) is 7.24. The summed E-state index contributed by atoms with van der Waals surface area (Å²) in [6.45, 7) is 0.711. The molecule has 0 unspecified atom stereocenters. The van der Waals surface area contributed by atoms with Crippen molar-refractivity contribution in [2.24, 2.45) is 0 Å². The number of hydrogen-bond donors (Lipinski definition) is 0. The van der Waals surface area contributed by atoms with Crippen LogP contribution in [0, 0.1) is 6.20 Å². The second-order valence-corrected chi connectivity index (χ2v) is 4.24. The lowest BCUT2D eigenvalue weighted by Crippen LogP contribution is -1.99. The first kappa shape index (κ1) is 9.74. The molecule has 0 atom stereocenters. The first-order valence-electron chi connectivity index (χ1n) is 4.09. The third kappa shape index (κ3) is 2.36. The molecular formula is C10H7BrClN2. The zero-order chi connectivity index (χ0) is 9.97. The molecule has 1 aromatic heterocycles. The third-order valence-corrected chi connectivity index (χ3v) is 2.46. The van der Waals surface area contributed by atoms with Gasteiger partial charge in [0.25, 0.3) is 0 Å². The van der Waals surface area contributed by atoms with Gasteiger partial charge in [0.1, 0.15) is 6.20 Å². The molecule has 0 fully saturated rings. The maximum atomic E-state index is 5.71. The summed E-state index contributed by atoms with van der Waals surface area (Å²) in [4.78, 5) is 0. The smallest absolute Gasteiger partial charge is 0.133 e. The molecule has 1 aromatic carbocycles. The molecule has 14 heavy (non-hydrogen) atoms. The normalized spacial score (nSPS) is 10.4. The fraction of sp³-hybridized carbons (Fsp3) is 0.100. The summed E-state index contributed by atoms with van der Waals surface area (Å²) in [5.74, 6) is 0. The minimum absolute atomic E-state index is 0.542. The maximum Gasteiger partial charge on any atom is 0.133 e. The maximum absolute atomic E-state index is 5.71. The van der Waals surface area contributed by atoms with Crippen molar-refractivity contribution in [2.45, 2.75) is 6.54 Å². The van der Waals surface area contributed by atoms with E-state index in [1.807, 2.05) is 18.2 Å². The van der Waals surface area contributed by atoms with Crippen LogP contribution in [-0.4, -0.2) is 9.78 Å². The van der Waals surface area contributed by atoms with Crippen molar-refractivity contribution in [3.05, 3.63) is 51.7 Å². The second-order valence-electron chi connectivity index (χ2n) is 2.92. The highest BCUT2D eigenvalue weighted by atomic mass is 79.9. The Balaban J connectivity index is 2.18. The van der Waals surface area contributed by atoms with E-state index in [4.69, 9.17) is 11.6 Å². The summed E-state index contributed by atoms with van der Waals surface area (Å²) < 4.78 is 2.82. The molecule has 0 amide bonds. The quantitative estimate of drug-likeness (QED) is 0.820. The van der Waals surface area contributed by atoms with E-state index >= 15 is 0 Å². The van der Waals surface area contributed by atoms with Crippen molar-refractivity contribution in [1.82, 2.24) is 9.78 Å². The summed E-state index contributed by atoms with van der Waals surface area (Å²) in [7, 11) is 0. The van der Waals surface area contributed by atoms with Crippen LogP contribution < -0.4 is 0 Å². The highest BCUT2D eigenvalue weighted by Crippen LogP contribution is 2.13. The molecule has 1 radical (unpaired) electrons. The fourth-order valence-corrected chi connectivity index (χ4v) is 1.80. The molecular weight excluding hydrogens is 263 g/mol. The third-order valence-electron chi connectivity index (χ3n) is 1.78. The molecule has 0 bridgehead atoms. The monoisotopic (exact) mass is 269 g/mol. The molecule has 4 heteroatoms. The van der Waals surface area contributed by atoms with Crippen molar-refractivity contribution in [3.63, 3.8) is 0 Å². The zero-order valence-corrected chi connectivity index (χ0v) is 9.59. The Morgan fingerprint density at radius 1 is 1.50 bits per heavy atom. The number of rotatable bonds is 2. The van der Waals surface area contributed by atoms with E-state index in [9.17, 15) is 0 Å². The highest BCUT2D eigenvalue weighted by molar-refractivity contribution is 9.10. The number of aromatic nitrogens is 2. The van der Waals surface area contributed by atoms with Crippen molar-refractivity contribution in [1.29, 1.82) is 0 Å². The average molecular weight is 271 g/mol. The van der Waals surface area contributed by atoms with Crippen LogP contribution >= 0.6 is 27.5 Å². The van der Waals surface area contributed by atoms with Gasteiger partial charge in [-0.3, -0.25) is 4.68 Å². The van der Waals surface area contributed by atoms with Crippen LogP contribution in [0.3, 0.4) is 0 Å². The standard InChI is InChI=1S/C10H7BrClN2/c11-9-3-1-2-8(4-9)6-14-7-10(12)5-13-14/h1-4,7H,6H2. The Bertz CT molecular complexity index is 439. The Morgan fingerprint density at radius 3 is 3.00 bits per heavy atom. The van der Waals surface area contributed by atoms with E-state index < -0.39 is 0 Å². The number of hydrogen-bond acceptors (Lipinski definition) is 1. The van der Waals surface area contributed by atoms with Crippen LogP contribution in [0.4, 0.5) is 0 Å². The molecule has 0 spiro atoms. The molecule has 1 heterocycles. The van der Waals surface area contributed by atoms with Gasteiger partial charge in [-0.05, 0) is 17.7 Å². The van der Waals surface area contributed by atoms with Crippen LogP contribution in [0.25, 0.3) is 0 Å². The van der Waals surface area contributed by atoms with Crippen LogP contribution in [0.2, 0.25) is 5.02 Å². The van der Waals surface area contributed by atoms with E-state index in [0.717, 1.165) is 4.47 Å². The van der Waals surface area contributed by atoms with E-state index in [1.165, 1.54) is 5.56 Å². The largest absolute Gasteiger partial charge is 0.266 e. The lowest BCUT2D eigenvalue weighted by Gasteiger charge is -2.01. The number of nitrogens with zero attached hydrogens (tertiary/aromatic N) is 2. The SMILES string of the molecule is Clc1[c]nn(Cc2cccc(Br)c2)c1. The lowest BCUT2D eigenvalue weighted by molar-refractivity contribution is 0.685. The van der Waals surface area contributed by atoms with Gasteiger partial charge in [0.2, 0.25) is 0 Å². The summed E-state index contributed by atoms with van der Waals surface area (Å²) in [5.41, 5.74) is 1.17. The predicted molar refractivity (Wildman–Crippen MR) is 59.3 cm³/mol. The molecule has 0 aliphatic rings. The Kier molecular flexibility index (Phi) is 2.89. The van der Waals surface area contributed by atoms with Gasteiger partial charge >= 0.3 is 0 Å². The Hall–Kier alpha value is -0.800. The van der Waals surface area contributed by atoms with Crippen molar-refractivity contribution >= 4 is 27.5 Å². The average Bonchev–Trinajstić information content (AvgIpc) is 2.51. The van der Waals surface area contributed by atoms with E-state index in [-0.39, 0.29) is 0 Å². The van der Waals surface area contributed by atoms with Gasteiger partial charge in [0.05, 0.1) is 11.6 Å². The van der Waals surface area contributed by atoms with Gasteiger partial charge in [-0.15, -0.1) is 0 Å². The van der Waals surface area contributed by atoms with Gasteiger partial charge in [0, 0.05) is 10.7 Å². The topological polar surface area (TPSA) is 17.8 Å². The van der Waals surface area contributed by atoms with Crippen molar-refractivity contribution in [2.75, 3.05) is 0 Å². The molecule has 2 aromatic rings. The number of benzene rings is 1. The minimum atomic E-state index is 0.542.